The molecule has 2 rings (SSSR count). The fraction of sp³-hybridized carbons (Fsp3) is 0.545. The number of rotatable bonds is 2. The van der Waals surface area contributed by atoms with E-state index >= 15 is 0 Å². The predicted octanol–water partition coefficient (Wildman–Crippen LogP) is 1.53. The minimum Gasteiger partial charge on any atom is -0.373 e. The van der Waals surface area contributed by atoms with E-state index in [9.17, 15) is 8.42 Å². The molecule has 1 aliphatic heterocycles. The molecule has 2 unspecified atom stereocenters. The zero-order chi connectivity index (χ0) is 13.3. The molecule has 5 nitrogen and oxygen atoms in total. The van der Waals surface area contributed by atoms with Crippen LogP contribution in [0.5, 0.6) is 0 Å². The number of halogens is 1. The number of hydrogen-bond acceptors (Lipinski definition) is 4. The summed E-state index contributed by atoms with van der Waals surface area (Å²) in [5, 5.41) is 0.191. The largest absolute Gasteiger partial charge is 0.373 e. The molecule has 0 amide bonds. The summed E-state index contributed by atoms with van der Waals surface area (Å²) in [5.41, 5.74) is 0. The molecule has 1 fully saturated rings. The molecule has 1 saturated heterocycles. The van der Waals surface area contributed by atoms with Crippen molar-refractivity contribution < 1.29 is 13.2 Å². The first-order chi connectivity index (χ1) is 8.41. The molecule has 1 aliphatic rings. The second-order valence-corrected chi connectivity index (χ2v) is 6.70. The molecule has 2 heterocycles. The van der Waals surface area contributed by atoms with Crippen LogP contribution in [0, 0.1) is 0 Å². The molecule has 1 aromatic rings. The van der Waals surface area contributed by atoms with E-state index in [0.29, 0.717) is 13.1 Å². The van der Waals surface area contributed by atoms with Crippen LogP contribution in [-0.2, 0) is 14.8 Å². The zero-order valence-corrected chi connectivity index (χ0v) is 11.8. The van der Waals surface area contributed by atoms with E-state index in [1.807, 2.05) is 13.8 Å². The van der Waals surface area contributed by atoms with E-state index in [2.05, 4.69) is 4.98 Å². The fourth-order valence-electron chi connectivity index (χ4n) is 2.02. The van der Waals surface area contributed by atoms with Crippen molar-refractivity contribution in [1.29, 1.82) is 0 Å². The molecule has 0 bridgehead atoms. The van der Waals surface area contributed by atoms with Crippen molar-refractivity contribution in [3.8, 4) is 0 Å². The maximum atomic E-state index is 12.4. The van der Waals surface area contributed by atoms with Gasteiger partial charge in [0.25, 0.3) is 0 Å². The molecule has 0 aromatic carbocycles. The minimum absolute atomic E-state index is 0.0490. The number of nitrogens with zero attached hydrogens (tertiary/aromatic N) is 2. The Bertz CT molecular complexity index is 525. The number of pyridine rings is 1. The molecule has 0 N–H and O–H groups in total. The van der Waals surface area contributed by atoms with Crippen LogP contribution in [-0.4, -0.2) is 43.0 Å². The lowest BCUT2D eigenvalue weighted by molar-refractivity contribution is -0.0440. The van der Waals surface area contributed by atoms with E-state index in [1.54, 1.807) is 0 Å². The van der Waals surface area contributed by atoms with Gasteiger partial charge >= 0.3 is 0 Å². The van der Waals surface area contributed by atoms with Gasteiger partial charge in [0.15, 0.2) is 0 Å². The van der Waals surface area contributed by atoms with Crippen LogP contribution >= 0.6 is 11.6 Å². The molecule has 18 heavy (non-hydrogen) atoms. The highest BCUT2D eigenvalue weighted by molar-refractivity contribution is 7.89. The van der Waals surface area contributed by atoms with Crippen LogP contribution in [0.1, 0.15) is 13.8 Å². The van der Waals surface area contributed by atoms with Gasteiger partial charge in [0, 0.05) is 25.5 Å². The summed E-state index contributed by atoms with van der Waals surface area (Å²) < 4.78 is 31.8. The van der Waals surface area contributed by atoms with E-state index < -0.39 is 10.0 Å². The van der Waals surface area contributed by atoms with Gasteiger partial charge in [-0.1, -0.05) is 11.6 Å². The van der Waals surface area contributed by atoms with Crippen molar-refractivity contribution in [2.24, 2.45) is 0 Å². The van der Waals surface area contributed by atoms with E-state index in [0.717, 1.165) is 0 Å². The Morgan fingerprint density at radius 3 is 2.56 bits per heavy atom. The topological polar surface area (TPSA) is 59.5 Å². The highest BCUT2D eigenvalue weighted by Crippen LogP contribution is 2.25. The number of hydrogen-bond donors (Lipinski definition) is 0. The van der Waals surface area contributed by atoms with Crippen molar-refractivity contribution >= 4 is 21.6 Å². The summed E-state index contributed by atoms with van der Waals surface area (Å²) in [6.07, 6.45) is 2.49. The average Bonchev–Trinajstić information content (AvgIpc) is 2.28. The zero-order valence-electron chi connectivity index (χ0n) is 10.2. The third kappa shape index (κ3) is 2.66. The second kappa shape index (κ2) is 5.13. The van der Waals surface area contributed by atoms with Crippen LogP contribution in [0.2, 0.25) is 5.02 Å². The van der Waals surface area contributed by atoms with Gasteiger partial charge in [-0.2, -0.15) is 4.31 Å². The molecular formula is C11H15ClN2O3S. The molecule has 0 aliphatic carbocycles. The van der Waals surface area contributed by atoms with Crippen LogP contribution < -0.4 is 0 Å². The molecule has 0 saturated carbocycles. The summed E-state index contributed by atoms with van der Waals surface area (Å²) in [7, 11) is -3.60. The Labute approximate surface area is 112 Å². The molecule has 100 valence electrons. The van der Waals surface area contributed by atoms with Gasteiger partial charge in [0.1, 0.15) is 4.90 Å². The molecule has 7 heteroatoms. The third-order valence-corrected chi connectivity index (χ3v) is 5.04. The maximum Gasteiger partial charge on any atom is 0.246 e. The van der Waals surface area contributed by atoms with E-state index in [1.165, 1.54) is 22.8 Å². The first kappa shape index (κ1) is 13.7. The van der Waals surface area contributed by atoms with Crippen molar-refractivity contribution in [2.45, 2.75) is 31.0 Å². The number of morpholine rings is 1. The first-order valence-corrected chi connectivity index (χ1v) is 7.48. The van der Waals surface area contributed by atoms with Crippen molar-refractivity contribution in [1.82, 2.24) is 9.29 Å². The first-order valence-electron chi connectivity index (χ1n) is 5.66. The molecule has 1 aromatic heterocycles. The molecular weight excluding hydrogens is 276 g/mol. The Morgan fingerprint density at radius 2 is 2.00 bits per heavy atom. The Morgan fingerprint density at radius 1 is 1.39 bits per heavy atom. The van der Waals surface area contributed by atoms with Crippen molar-refractivity contribution in [3.05, 3.63) is 23.5 Å². The quantitative estimate of drug-likeness (QED) is 0.829. The highest BCUT2D eigenvalue weighted by atomic mass is 35.5. The summed E-state index contributed by atoms with van der Waals surface area (Å²) >= 11 is 5.92. The van der Waals surface area contributed by atoms with Gasteiger partial charge < -0.3 is 4.74 Å². The number of sulfonamides is 1. The molecule has 2 atom stereocenters. The average molecular weight is 291 g/mol. The monoisotopic (exact) mass is 290 g/mol. The fourth-order valence-corrected chi connectivity index (χ4v) is 4.02. The molecule has 0 radical (unpaired) electrons. The normalized spacial score (nSPS) is 26.2. The van der Waals surface area contributed by atoms with Gasteiger partial charge in [0.2, 0.25) is 10.0 Å². The highest BCUT2D eigenvalue weighted by Gasteiger charge is 2.33. The molecule has 0 spiro atoms. The van der Waals surface area contributed by atoms with Gasteiger partial charge in [-0.25, -0.2) is 8.42 Å². The lowest BCUT2D eigenvalue weighted by Crippen LogP contribution is -2.48. The Balaban J connectivity index is 2.34. The maximum absolute atomic E-state index is 12.4. The summed E-state index contributed by atoms with van der Waals surface area (Å²) in [6, 6.07) is 1.47. The SMILES string of the molecule is CC1CN(S(=O)(=O)c2cnccc2Cl)CC(C)O1. The van der Waals surface area contributed by atoms with E-state index in [4.69, 9.17) is 16.3 Å². The van der Waals surface area contributed by atoms with Gasteiger partial charge in [-0.05, 0) is 19.9 Å². The van der Waals surface area contributed by atoms with Crippen LogP contribution in [0.4, 0.5) is 0 Å². The lowest BCUT2D eigenvalue weighted by Gasteiger charge is -2.34. The predicted molar refractivity (Wildman–Crippen MR) is 68.0 cm³/mol. The Kier molecular flexibility index (Phi) is 3.91. The smallest absolute Gasteiger partial charge is 0.246 e. The van der Waals surface area contributed by atoms with Crippen LogP contribution in [0.3, 0.4) is 0 Å². The van der Waals surface area contributed by atoms with Gasteiger partial charge in [-0.3, -0.25) is 4.98 Å². The van der Waals surface area contributed by atoms with Crippen molar-refractivity contribution in [3.63, 3.8) is 0 Å². The second-order valence-electron chi connectivity index (χ2n) is 4.39. The summed E-state index contributed by atoms with van der Waals surface area (Å²) in [5.74, 6) is 0. The van der Waals surface area contributed by atoms with Crippen LogP contribution in [0.15, 0.2) is 23.4 Å². The number of ether oxygens (including phenoxy) is 1. The Hall–Kier alpha value is -0.690. The summed E-state index contributed by atoms with van der Waals surface area (Å²) in [6.45, 7) is 4.36. The van der Waals surface area contributed by atoms with E-state index in [-0.39, 0.29) is 22.1 Å². The van der Waals surface area contributed by atoms with Gasteiger partial charge in [0.05, 0.1) is 17.2 Å². The standard InChI is InChI=1S/C11H15ClN2O3S/c1-8-6-14(7-9(2)17-8)18(15,16)11-5-13-4-3-10(11)12/h3-5,8-9H,6-7H2,1-2H3. The van der Waals surface area contributed by atoms with Crippen molar-refractivity contribution in [2.75, 3.05) is 13.1 Å². The van der Waals surface area contributed by atoms with Crippen LogP contribution in [0.25, 0.3) is 0 Å². The summed E-state index contributed by atoms with van der Waals surface area (Å²) in [4.78, 5) is 3.87. The third-order valence-electron chi connectivity index (χ3n) is 2.74. The minimum atomic E-state index is -3.60. The number of aromatic nitrogens is 1. The lowest BCUT2D eigenvalue weighted by atomic mass is 10.3. The van der Waals surface area contributed by atoms with Gasteiger partial charge in [-0.15, -0.1) is 0 Å².